The highest BCUT2D eigenvalue weighted by molar-refractivity contribution is 6.04. The molecule has 2 atom stereocenters. The van der Waals surface area contributed by atoms with Crippen LogP contribution in [0.1, 0.15) is 42.3 Å². The van der Waals surface area contributed by atoms with Gasteiger partial charge in [0.15, 0.2) is 11.6 Å². The van der Waals surface area contributed by atoms with Crippen LogP contribution in [0, 0.1) is 11.6 Å². The summed E-state index contributed by atoms with van der Waals surface area (Å²) >= 11 is 0. The number of nitrogens with zero attached hydrogens (tertiary/aromatic N) is 5. The van der Waals surface area contributed by atoms with Gasteiger partial charge in [0.1, 0.15) is 18.0 Å². The standard InChI is InChI=1S/C26H21F2N5O4/c1-36-22(34)8-6-15-17-12-29-26(32-13-30-19-7-5-14(27)11-21(19)32)31-24(17)33(25(15)35)20-9-10-37-23-16(20)3-2-4-18(23)28/h2-5,7,11-13,15,20H,6,8-10H2,1H3/t15?,20-/m1/s1. The van der Waals surface area contributed by atoms with Gasteiger partial charge < -0.3 is 9.47 Å². The Balaban J connectivity index is 1.48. The van der Waals surface area contributed by atoms with Gasteiger partial charge in [0.25, 0.3) is 0 Å². The van der Waals surface area contributed by atoms with Gasteiger partial charge in [0.2, 0.25) is 11.9 Å². The van der Waals surface area contributed by atoms with Crippen molar-refractivity contribution in [1.29, 1.82) is 0 Å². The Morgan fingerprint density at radius 1 is 1.19 bits per heavy atom. The first-order valence-electron chi connectivity index (χ1n) is 11.8. The molecule has 0 N–H and O–H groups in total. The summed E-state index contributed by atoms with van der Waals surface area (Å²) in [4.78, 5) is 40.7. The van der Waals surface area contributed by atoms with E-state index in [1.165, 1.54) is 31.6 Å². The number of benzene rings is 2. The van der Waals surface area contributed by atoms with Crippen molar-refractivity contribution in [3.8, 4) is 11.7 Å². The van der Waals surface area contributed by atoms with E-state index in [-0.39, 0.29) is 37.1 Å². The van der Waals surface area contributed by atoms with Gasteiger partial charge in [0, 0.05) is 36.2 Å². The van der Waals surface area contributed by atoms with Crippen LogP contribution in [-0.2, 0) is 14.3 Å². The molecular formula is C26H21F2N5O4. The number of carbonyl (C=O) groups excluding carboxylic acids is 2. The number of carbonyl (C=O) groups is 2. The van der Waals surface area contributed by atoms with E-state index in [9.17, 15) is 18.4 Å². The van der Waals surface area contributed by atoms with Gasteiger partial charge in [-0.25, -0.2) is 18.7 Å². The molecule has 2 aliphatic rings. The molecule has 188 valence electrons. The number of imidazole rings is 1. The molecule has 2 aromatic carbocycles. The number of halogens is 2. The van der Waals surface area contributed by atoms with Crippen LogP contribution in [0.3, 0.4) is 0 Å². The lowest BCUT2D eigenvalue weighted by Gasteiger charge is -2.33. The van der Waals surface area contributed by atoms with Crippen molar-refractivity contribution in [1.82, 2.24) is 19.5 Å². The van der Waals surface area contributed by atoms with Gasteiger partial charge in [-0.3, -0.25) is 19.1 Å². The molecule has 4 aromatic rings. The van der Waals surface area contributed by atoms with Gasteiger partial charge in [-0.1, -0.05) is 12.1 Å². The zero-order chi connectivity index (χ0) is 25.7. The zero-order valence-corrected chi connectivity index (χ0v) is 19.7. The number of anilines is 1. The number of esters is 1. The van der Waals surface area contributed by atoms with Crippen LogP contribution < -0.4 is 9.64 Å². The van der Waals surface area contributed by atoms with Crippen molar-refractivity contribution in [3.63, 3.8) is 0 Å². The van der Waals surface area contributed by atoms with Crippen LogP contribution in [0.4, 0.5) is 14.6 Å². The minimum atomic E-state index is -0.681. The Labute approximate surface area is 209 Å². The largest absolute Gasteiger partial charge is 0.490 e. The number of ether oxygens (including phenoxy) is 2. The second-order valence-corrected chi connectivity index (χ2v) is 8.88. The Morgan fingerprint density at radius 2 is 2.05 bits per heavy atom. The molecule has 0 fully saturated rings. The fourth-order valence-electron chi connectivity index (χ4n) is 5.05. The Kier molecular flexibility index (Phi) is 5.54. The fraction of sp³-hybridized carbons (Fsp3) is 0.269. The molecule has 0 spiro atoms. The quantitative estimate of drug-likeness (QED) is 0.378. The second-order valence-electron chi connectivity index (χ2n) is 8.88. The molecule has 9 nitrogen and oxygen atoms in total. The summed E-state index contributed by atoms with van der Waals surface area (Å²) in [6.07, 6.45) is 3.70. The molecule has 0 saturated heterocycles. The van der Waals surface area contributed by atoms with Crippen LogP contribution in [0.5, 0.6) is 5.75 Å². The third-order valence-electron chi connectivity index (χ3n) is 6.82. The lowest BCUT2D eigenvalue weighted by molar-refractivity contribution is -0.140. The van der Waals surface area contributed by atoms with Crippen LogP contribution in [0.25, 0.3) is 17.0 Å². The molecular weight excluding hydrogens is 484 g/mol. The molecule has 6 rings (SSSR count). The summed E-state index contributed by atoms with van der Waals surface area (Å²) in [5.74, 6) is -1.67. The summed E-state index contributed by atoms with van der Waals surface area (Å²) < 4.78 is 40.4. The maximum atomic E-state index is 14.5. The average molecular weight is 505 g/mol. The predicted octanol–water partition coefficient (Wildman–Crippen LogP) is 4.00. The van der Waals surface area contributed by atoms with Crippen LogP contribution in [0.2, 0.25) is 0 Å². The minimum Gasteiger partial charge on any atom is -0.490 e. The molecule has 0 bridgehead atoms. The first kappa shape index (κ1) is 23.0. The van der Waals surface area contributed by atoms with Gasteiger partial charge in [-0.2, -0.15) is 4.98 Å². The topological polar surface area (TPSA) is 99.4 Å². The van der Waals surface area contributed by atoms with E-state index in [1.807, 2.05) is 0 Å². The average Bonchev–Trinajstić information content (AvgIpc) is 3.44. The van der Waals surface area contributed by atoms with E-state index in [1.54, 1.807) is 33.9 Å². The second kappa shape index (κ2) is 8.91. The maximum absolute atomic E-state index is 14.5. The summed E-state index contributed by atoms with van der Waals surface area (Å²) in [6.45, 7) is 0.216. The van der Waals surface area contributed by atoms with E-state index in [0.717, 1.165) is 0 Å². The number of hydrogen-bond donors (Lipinski definition) is 0. The predicted molar refractivity (Wildman–Crippen MR) is 127 cm³/mol. The molecule has 0 radical (unpaired) electrons. The normalized spacial score (nSPS) is 18.5. The summed E-state index contributed by atoms with van der Waals surface area (Å²) in [6, 6.07) is 8.28. The van der Waals surface area contributed by atoms with Gasteiger partial charge >= 0.3 is 5.97 Å². The molecule has 0 saturated carbocycles. The van der Waals surface area contributed by atoms with Gasteiger partial charge in [0.05, 0.1) is 36.7 Å². The molecule has 2 aliphatic heterocycles. The number of hydrogen-bond acceptors (Lipinski definition) is 7. The number of fused-ring (bicyclic) bond motifs is 3. The highest BCUT2D eigenvalue weighted by atomic mass is 19.1. The van der Waals surface area contributed by atoms with Gasteiger partial charge in [-0.05, 0) is 24.6 Å². The molecule has 11 heteroatoms. The lowest BCUT2D eigenvalue weighted by atomic mass is 9.97. The van der Waals surface area contributed by atoms with Crippen LogP contribution >= 0.6 is 0 Å². The number of rotatable bonds is 5. The summed E-state index contributed by atoms with van der Waals surface area (Å²) in [7, 11) is 1.29. The molecule has 1 unspecified atom stereocenters. The van der Waals surface area contributed by atoms with E-state index in [4.69, 9.17) is 14.5 Å². The fourth-order valence-corrected chi connectivity index (χ4v) is 5.05. The van der Waals surface area contributed by atoms with Crippen molar-refractivity contribution in [2.24, 2.45) is 0 Å². The Hall–Kier alpha value is -4.41. The van der Waals surface area contributed by atoms with Crippen molar-refractivity contribution in [2.45, 2.75) is 31.2 Å². The Morgan fingerprint density at radius 3 is 2.89 bits per heavy atom. The van der Waals surface area contributed by atoms with E-state index in [2.05, 4.69) is 9.97 Å². The molecule has 0 aliphatic carbocycles. The van der Waals surface area contributed by atoms with E-state index in [0.29, 0.717) is 34.4 Å². The third kappa shape index (κ3) is 3.78. The SMILES string of the molecule is COC(=O)CCC1C(=O)N([C@@H]2CCOc3c(F)cccc32)c2nc(-n3cnc4ccc(F)cc43)ncc21. The zero-order valence-electron chi connectivity index (χ0n) is 19.7. The number of aromatic nitrogens is 4. The molecule has 2 aromatic heterocycles. The third-order valence-corrected chi connectivity index (χ3v) is 6.82. The van der Waals surface area contributed by atoms with E-state index >= 15 is 0 Å². The number of para-hydroxylation sites is 1. The minimum absolute atomic E-state index is 0.0341. The number of methoxy groups -OCH3 is 1. The van der Waals surface area contributed by atoms with Crippen LogP contribution in [0.15, 0.2) is 48.9 Å². The van der Waals surface area contributed by atoms with Gasteiger partial charge in [-0.15, -0.1) is 0 Å². The summed E-state index contributed by atoms with van der Waals surface area (Å²) in [5, 5.41) is 0. The first-order valence-corrected chi connectivity index (χ1v) is 11.8. The van der Waals surface area contributed by atoms with Crippen molar-refractivity contribution in [2.75, 3.05) is 18.6 Å². The lowest BCUT2D eigenvalue weighted by Crippen LogP contribution is -2.36. The summed E-state index contributed by atoms with van der Waals surface area (Å²) in [5.41, 5.74) is 2.12. The maximum Gasteiger partial charge on any atom is 0.305 e. The van der Waals surface area contributed by atoms with Crippen LogP contribution in [-0.4, -0.2) is 45.1 Å². The van der Waals surface area contributed by atoms with Crippen molar-refractivity contribution >= 4 is 28.7 Å². The van der Waals surface area contributed by atoms with Crippen molar-refractivity contribution < 1.29 is 27.8 Å². The highest BCUT2D eigenvalue weighted by Crippen LogP contribution is 2.47. The monoisotopic (exact) mass is 505 g/mol. The van der Waals surface area contributed by atoms with Crippen molar-refractivity contribution in [3.05, 3.63) is 71.7 Å². The molecule has 1 amide bonds. The highest BCUT2D eigenvalue weighted by Gasteiger charge is 2.44. The number of amides is 1. The molecule has 37 heavy (non-hydrogen) atoms. The van der Waals surface area contributed by atoms with E-state index < -0.39 is 29.6 Å². The first-order chi connectivity index (χ1) is 18.0. The smallest absolute Gasteiger partial charge is 0.305 e. The Bertz CT molecular complexity index is 1560. The molecule has 4 heterocycles.